The van der Waals surface area contributed by atoms with Crippen LogP contribution in [0.3, 0.4) is 0 Å². The van der Waals surface area contributed by atoms with Gasteiger partial charge in [-0.2, -0.15) is 0 Å². The van der Waals surface area contributed by atoms with Gasteiger partial charge >= 0.3 is 0 Å². The van der Waals surface area contributed by atoms with E-state index < -0.39 is 17.9 Å². The van der Waals surface area contributed by atoms with Crippen molar-refractivity contribution in [2.45, 2.75) is 51.2 Å². The van der Waals surface area contributed by atoms with Gasteiger partial charge < -0.3 is 4.74 Å². The Morgan fingerprint density at radius 2 is 1.47 bits per heavy atom. The third-order valence-corrected chi connectivity index (χ3v) is 7.56. The van der Waals surface area contributed by atoms with Gasteiger partial charge in [-0.3, -0.25) is 14.4 Å². The molecule has 6 rings (SSSR count). The Balaban J connectivity index is 1.18. The third-order valence-electron chi connectivity index (χ3n) is 7.56. The van der Waals surface area contributed by atoms with Crippen LogP contribution in [0, 0.1) is 5.92 Å². The van der Waals surface area contributed by atoms with Gasteiger partial charge in [-0.15, -0.1) is 5.06 Å². The van der Waals surface area contributed by atoms with Crippen molar-refractivity contribution in [3.63, 3.8) is 0 Å². The highest BCUT2D eigenvalue weighted by molar-refractivity contribution is 6.20. The maximum absolute atomic E-state index is 13.0. The third kappa shape index (κ3) is 5.04. The van der Waals surface area contributed by atoms with Crippen molar-refractivity contribution in [3.05, 3.63) is 107 Å². The van der Waals surface area contributed by atoms with Gasteiger partial charge in [-0.25, -0.2) is 4.98 Å². The van der Waals surface area contributed by atoms with E-state index in [-0.39, 0.29) is 0 Å². The highest BCUT2D eigenvalue weighted by Gasteiger charge is 2.38. The van der Waals surface area contributed by atoms with E-state index in [0.29, 0.717) is 23.7 Å². The quantitative estimate of drug-likeness (QED) is 0.240. The van der Waals surface area contributed by atoms with Gasteiger partial charge in [0.15, 0.2) is 0 Å². The normalized spacial score (nSPS) is 16.6. The zero-order valence-corrected chi connectivity index (χ0v) is 21.2. The largest absolute Gasteiger partial charge is 0.487 e. The Bertz CT molecular complexity index is 1430. The number of pyridine rings is 1. The van der Waals surface area contributed by atoms with Crippen LogP contribution in [0.5, 0.6) is 5.75 Å². The number of rotatable bonds is 8. The zero-order chi connectivity index (χ0) is 25.9. The topological polar surface area (TPSA) is 68.7 Å². The molecular weight excluding hydrogens is 476 g/mol. The molecule has 1 unspecified atom stereocenters. The summed E-state index contributed by atoms with van der Waals surface area (Å²) in [4.78, 5) is 36.8. The fourth-order valence-corrected chi connectivity index (χ4v) is 5.48. The number of hydroxylamine groups is 2. The van der Waals surface area contributed by atoms with E-state index in [1.54, 1.807) is 24.3 Å². The number of hydrogen-bond acceptors (Lipinski definition) is 5. The van der Waals surface area contributed by atoms with Crippen LogP contribution in [0.25, 0.3) is 10.9 Å². The maximum Gasteiger partial charge on any atom is 0.285 e. The number of ether oxygens (including phenoxy) is 1. The number of fused-ring (bicyclic) bond motifs is 2. The number of aromatic nitrogens is 1. The number of hydrogen-bond donors (Lipinski definition) is 0. The Kier molecular flexibility index (Phi) is 6.88. The van der Waals surface area contributed by atoms with Crippen LogP contribution in [0.1, 0.15) is 76.6 Å². The molecule has 0 saturated heterocycles. The van der Waals surface area contributed by atoms with Gasteiger partial charge in [0, 0.05) is 5.39 Å². The lowest BCUT2D eigenvalue weighted by molar-refractivity contribution is -0.141. The average Bonchev–Trinajstić information content (AvgIpc) is 3.21. The Hall–Kier alpha value is -4.03. The molecule has 1 fully saturated rings. The lowest BCUT2D eigenvalue weighted by atomic mass is 9.84. The number of carbonyl (C=O) groups is 2. The van der Waals surface area contributed by atoms with Crippen molar-refractivity contribution in [3.8, 4) is 5.75 Å². The van der Waals surface area contributed by atoms with Crippen molar-refractivity contribution in [2.75, 3.05) is 0 Å². The van der Waals surface area contributed by atoms with E-state index in [9.17, 15) is 9.59 Å². The van der Waals surface area contributed by atoms with Crippen molar-refractivity contribution >= 4 is 22.7 Å². The molecule has 0 N–H and O–H groups in total. The van der Waals surface area contributed by atoms with Crippen LogP contribution >= 0.6 is 0 Å². The molecule has 1 aliphatic heterocycles. The molecule has 1 aliphatic carbocycles. The van der Waals surface area contributed by atoms with Crippen LogP contribution in [-0.2, 0) is 11.4 Å². The number of carbonyl (C=O) groups excluding carboxylic acids is 2. The zero-order valence-electron chi connectivity index (χ0n) is 21.2. The molecular formula is C32H30N2O4. The molecule has 1 atom stereocenters. The fraction of sp³-hybridized carbons (Fsp3) is 0.281. The maximum atomic E-state index is 13.0. The first kappa shape index (κ1) is 24.3. The summed E-state index contributed by atoms with van der Waals surface area (Å²) in [7, 11) is 0. The summed E-state index contributed by atoms with van der Waals surface area (Å²) in [5.41, 5.74) is 3.50. The van der Waals surface area contributed by atoms with Crippen molar-refractivity contribution < 1.29 is 19.2 Å². The first-order valence-electron chi connectivity index (χ1n) is 13.4. The van der Waals surface area contributed by atoms with Gasteiger partial charge in [-0.1, -0.05) is 80.6 Å². The molecule has 192 valence electrons. The van der Waals surface area contributed by atoms with Crippen LogP contribution in [-0.4, -0.2) is 21.9 Å². The molecule has 0 bridgehead atoms. The first-order chi connectivity index (χ1) is 18.7. The van der Waals surface area contributed by atoms with E-state index in [1.165, 1.54) is 19.3 Å². The van der Waals surface area contributed by atoms with Gasteiger partial charge in [-0.05, 0) is 54.3 Å². The fourth-order valence-electron chi connectivity index (χ4n) is 5.48. The summed E-state index contributed by atoms with van der Waals surface area (Å²) in [5, 5.41) is 2.05. The van der Waals surface area contributed by atoms with Crippen LogP contribution < -0.4 is 4.74 Å². The summed E-state index contributed by atoms with van der Waals surface area (Å²) in [6, 6.07) is 26.7. The smallest absolute Gasteiger partial charge is 0.285 e. The lowest BCUT2D eigenvalue weighted by Gasteiger charge is -2.28. The minimum absolute atomic E-state index is 0.362. The number of nitrogens with zero attached hydrogens (tertiary/aromatic N) is 2. The molecule has 1 saturated carbocycles. The van der Waals surface area contributed by atoms with E-state index in [1.807, 2.05) is 54.6 Å². The Labute approximate surface area is 222 Å². The monoisotopic (exact) mass is 506 g/mol. The second kappa shape index (κ2) is 10.8. The highest BCUT2D eigenvalue weighted by Crippen LogP contribution is 2.36. The Morgan fingerprint density at radius 3 is 2.21 bits per heavy atom. The summed E-state index contributed by atoms with van der Waals surface area (Å²) >= 11 is 0. The molecule has 4 aromatic rings. The summed E-state index contributed by atoms with van der Waals surface area (Å²) in [6.07, 6.45) is 6.31. The number of benzene rings is 3. The van der Waals surface area contributed by atoms with Gasteiger partial charge in [0.2, 0.25) is 0 Å². The summed E-state index contributed by atoms with van der Waals surface area (Å²) < 4.78 is 6.01. The van der Waals surface area contributed by atoms with E-state index in [4.69, 9.17) is 9.57 Å². The molecule has 2 amide bonds. The van der Waals surface area contributed by atoms with Gasteiger partial charge in [0.1, 0.15) is 18.5 Å². The second-order valence-electron chi connectivity index (χ2n) is 10.1. The minimum atomic E-state index is -0.406. The van der Waals surface area contributed by atoms with Crippen LogP contribution in [0.2, 0.25) is 0 Å². The first-order valence-corrected chi connectivity index (χ1v) is 13.4. The molecule has 1 aromatic heterocycles. The standard InChI is InChI=1S/C32H30N2O4/c35-31-27-11-5-6-12-28(27)32(36)34(31)38-30(20-22-8-2-1-3-9-22)24-15-18-26(19-16-24)37-21-25-17-14-23-10-4-7-13-29(23)33-25/h4-7,10-19,22,30H,1-3,8-9,20-21H2. The van der Waals surface area contributed by atoms with E-state index in [2.05, 4.69) is 11.1 Å². The Morgan fingerprint density at radius 1 is 0.789 bits per heavy atom. The predicted molar refractivity (Wildman–Crippen MR) is 144 cm³/mol. The SMILES string of the molecule is O=C1c2ccccc2C(=O)N1OC(CC1CCCCC1)c1ccc(OCc2ccc3ccccc3n2)cc1. The van der Waals surface area contributed by atoms with Crippen molar-refractivity contribution in [2.24, 2.45) is 5.92 Å². The summed E-state index contributed by atoms with van der Waals surface area (Å²) in [5.74, 6) is 0.420. The van der Waals surface area contributed by atoms with Crippen molar-refractivity contribution in [1.29, 1.82) is 0 Å². The molecule has 6 heteroatoms. The van der Waals surface area contributed by atoms with Gasteiger partial charge in [0.05, 0.1) is 22.3 Å². The molecule has 2 aliphatic rings. The molecule has 38 heavy (non-hydrogen) atoms. The summed E-state index contributed by atoms with van der Waals surface area (Å²) in [6.45, 7) is 0.362. The number of imide groups is 1. The predicted octanol–water partition coefficient (Wildman–Crippen LogP) is 7.05. The molecule has 0 spiro atoms. The minimum Gasteiger partial charge on any atom is -0.487 e. The lowest BCUT2D eigenvalue weighted by Crippen LogP contribution is -2.32. The molecule has 3 aromatic carbocycles. The van der Waals surface area contributed by atoms with Crippen LogP contribution in [0.15, 0.2) is 84.9 Å². The van der Waals surface area contributed by atoms with E-state index in [0.717, 1.165) is 52.2 Å². The second-order valence-corrected chi connectivity index (χ2v) is 10.1. The highest BCUT2D eigenvalue weighted by atomic mass is 16.7. The van der Waals surface area contributed by atoms with Crippen LogP contribution in [0.4, 0.5) is 0 Å². The number of para-hydroxylation sites is 1. The number of amides is 2. The molecule has 6 nitrogen and oxygen atoms in total. The van der Waals surface area contributed by atoms with Crippen molar-refractivity contribution in [1.82, 2.24) is 10.0 Å². The molecule has 2 heterocycles. The molecule has 0 radical (unpaired) electrons. The van der Waals surface area contributed by atoms with Gasteiger partial charge in [0.25, 0.3) is 11.8 Å². The average molecular weight is 507 g/mol. The van der Waals surface area contributed by atoms with E-state index >= 15 is 0 Å².